The van der Waals surface area contributed by atoms with Crippen molar-refractivity contribution in [3.63, 3.8) is 0 Å². The van der Waals surface area contributed by atoms with Crippen LogP contribution in [0.1, 0.15) is 35.5 Å². The maximum atomic E-state index is 12.9. The van der Waals surface area contributed by atoms with Gasteiger partial charge >= 0.3 is 0 Å². The van der Waals surface area contributed by atoms with Gasteiger partial charge in [0.1, 0.15) is 17.6 Å². The van der Waals surface area contributed by atoms with Crippen LogP contribution in [0.4, 0.5) is 4.39 Å². The predicted molar refractivity (Wildman–Crippen MR) is 76.7 cm³/mol. The molecule has 0 bridgehead atoms. The van der Waals surface area contributed by atoms with E-state index in [9.17, 15) is 9.18 Å². The second-order valence-corrected chi connectivity index (χ2v) is 5.15. The van der Waals surface area contributed by atoms with Gasteiger partial charge in [-0.25, -0.2) is 9.37 Å². The highest BCUT2D eigenvalue weighted by atomic mass is 19.1. The van der Waals surface area contributed by atoms with E-state index in [0.29, 0.717) is 6.61 Å². The minimum absolute atomic E-state index is 0.145. The van der Waals surface area contributed by atoms with E-state index in [-0.39, 0.29) is 23.7 Å². The molecule has 1 aliphatic heterocycles. The number of ether oxygens (including phenoxy) is 1. The monoisotopic (exact) mass is 304 g/mol. The van der Waals surface area contributed by atoms with Crippen LogP contribution in [0, 0.1) is 5.82 Å². The number of nitrogens with one attached hydrogen (secondary N) is 1. The van der Waals surface area contributed by atoms with Gasteiger partial charge in [0, 0.05) is 24.9 Å². The number of hydrogen-bond donors (Lipinski definition) is 1. The van der Waals surface area contributed by atoms with Crippen LogP contribution in [0.5, 0.6) is 0 Å². The molecule has 0 radical (unpaired) electrons. The molecule has 3 rings (SSSR count). The Kier molecular flexibility index (Phi) is 4.15. The van der Waals surface area contributed by atoms with Crippen molar-refractivity contribution in [1.29, 1.82) is 0 Å². The molecule has 2 aromatic rings. The van der Waals surface area contributed by atoms with Crippen molar-refractivity contribution in [2.24, 2.45) is 0 Å². The highest BCUT2D eigenvalue weighted by Gasteiger charge is 2.32. The van der Waals surface area contributed by atoms with Crippen LogP contribution in [0.3, 0.4) is 0 Å². The summed E-state index contributed by atoms with van der Waals surface area (Å²) in [5.41, 5.74) is 1.13. The van der Waals surface area contributed by atoms with Crippen molar-refractivity contribution in [2.45, 2.75) is 32.0 Å². The first kappa shape index (κ1) is 14.6. The summed E-state index contributed by atoms with van der Waals surface area (Å²) >= 11 is 0. The summed E-state index contributed by atoms with van der Waals surface area (Å²) in [4.78, 5) is 16.0. The molecule has 2 atom stereocenters. The number of halogens is 1. The topological polar surface area (TPSA) is 69.0 Å². The fourth-order valence-corrected chi connectivity index (χ4v) is 2.52. The second kappa shape index (κ2) is 6.23. The number of aryl methyl sites for hydroxylation is 1. The largest absolute Gasteiger partial charge is 0.371 e. The van der Waals surface area contributed by atoms with Crippen molar-refractivity contribution in [2.75, 3.05) is 6.61 Å². The summed E-state index contributed by atoms with van der Waals surface area (Å²) < 4.78 is 20.4. The Morgan fingerprint density at radius 3 is 3.05 bits per heavy atom. The van der Waals surface area contributed by atoms with Gasteiger partial charge in [-0.05, 0) is 25.5 Å². The average Bonchev–Trinajstić information content (AvgIpc) is 3.16. The maximum absolute atomic E-state index is 12.9. The molecule has 0 unspecified atom stereocenters. The Morgan fingerprint density at radius 2 is 2.36 bits per heavy atom. The predicted octanol–water partition coefficient (Wildman–Crippen LogP) is 1.70. The molecule has 0 saturated carbocycles. The number of carbonyl (C=O) groups is 1. The summed E-state index contributed by atoms with van der Waals surface area (Å²) in [5, 5.41) is 7.14. The number of pyridine rings is 1. The third-order valence-corrected chi connectivity index (χ3v) is 3.67. The summed E-state index contributed by atoms with van der Waals surface area (Å²) in [6.45, 7) is 3.36. The normalized spacial score (nSPS) is 21.0. The average molecular weight is 304 g/mol. The summed E-state index contributed by atoms with van der Waals surface area (Å²) in [5.74, 6) is -0.797. The Morgan fingerprint density at radius 1 is 1.50 bits per heavy atom. The summed E-state index contributed by atoms with van der Waals surface area (Å²) in [6.07, 6.45) is 5.21. The molecular formula is C15H17FN4O2. The van der Waals surface area contributed by atoms with Gasteiger partial charge in [-0.2, -0.15) is 5.10 Å². The van der Waals surface area contributed by atoms with Gasteiger partial charge in [-0.1, -0.05) is 0 Å². The van der Waals surface area contributed by atoms with Gasteiger partial charge < -0.3 is 10.1 Å². The number of carbonyl (C=O) groups excluding carboxylic acids is 1. The van der Waals surface area contributed by atoms with E-state index in [1.807, 2.05) is 17.8 Å². The lowest BCUT2D eigenvalue weighted by Gasteiger charge is -2.18. The van der Waals surface area contributed by atoms with Gasteiger partial charge in [0.25, 0.3) is 5.91 Å². The van der Waals surface area contributed by atoms with E-state index in [4.69, 9.17) is 4.74 Å². The summed E-state index contributed by atoms with van der Waals surface area (Å²) in [7, 11) is 0. The van der Waals surface area contributed by atoms with E-state index >= 15 is 0 Å². The number of hydrogen-bond acceptors (Lipinski definition) is 4. The molecule has 0 aromatic carbocycles. The van der Waals surface area contributed by atoms with Gasteiger partial charge in [0.15, 0.2) is 0 Å². The van der Waals surface area contributed by atoms with E-state index in [0.717, 1.165) is 24.7 Å². The lowest BCUT2D eigenvalue weighted by Crippen LogP contribution is -2.37. The molecule has 22 heavy (non-hydrogen) atoms. The standard InChI is InChI=1S/C15H17FN4O2/c1-2-20-9-10(7-18-20)14-12(5-6-22-14)19-15(21)13-4-3-11(16)8-17-13/h3-4,7-9,12,14H,2,5-6H2,1H3,(H,19,21)/t12-,14+/m0/s1. The number of nitrogens with zero attached hydrogens (tertiary/aromatic N) is 3. The maximum Gasteiger partial charge on any atom is 0.270 e. The van der Waals surface area contributed by atoms with E-state index in [1.165, 1.54) is 12.1 Å². The molecule has 0 aliphatic carbocycles. The van der Waals surface area contributed by atoms with Crippen LogP contribution in [0.15, 0.2) is 30.7 Å². The van der Waals surface area contributed by atoms with Crippen LogP contribution in [-0.2, 0) is 11.3 Å². The van der Waals surface area contributed by atoms with Crippen molar-refractivity contribution in [3.8, 4) is 0 Å². The molecule has 1 amide bonds. The highest BCUT2D eigenvalue weighted by molar-refractivity contribution is 5.92. The number of aromatic nitrogens is 3. The SMILES string of the molecule is CCn1cc([C@H]2OCC[C@@H]2NC(=O)c2ccc(F)cn2)cn1. The number of rotatable bonds is 4. The van der Waals surface area contributed by atoms with Crippen molar-refractivity contribution in [3.05, 3.63) is 47.8 Å². The smallest absolute Gasteiger partial charge is 0.270 e. The molecule has 7 heteroatoms. The zero-order valence-corrected chi connectivity index (χ0v) is 12.2. The third-order valence-electron chi connectivity index (χ3n) is 3.67. The van der Waals surface area contributed by atoms with Crippen LogP contribution in [-0.4, -0.2) is 33.3 Å². The quantitative estimate of drug-likeness (QED) is 0.933. The Bertz CT molecular complexity index is 656. The second-order valence-electron chi connectivity index (χ2n) is 5.15. The fourth-order valence-electron chi connectivity index (χ4n) is 2.52. The Labute approximate surface area is 127 Å². The van der Waals surface area contributed by atoms with Gasteiger partial charge in [-0.15, -0.1) is 0 Å². The first-order valence-corrected chi connectivity index (χ1v) is 7.23. The summed E-state index contributed by atoms with van der Waals surface area (Å²) in [6, 6.07) is 2.44. The lowest BCUT2D eigenvalue weighted by atomic mass is 10.1. The minimum atomic E-state index is -0.467. The molecule has 1 saturated heterocycles. The van der Waals surface area contributed by atoms with Crippen LogP contribution in [0.25, 0.3) is 0 Å². The van der Waals surface area contributed by atoms with E-state index < -0.39 is 5.82 Å². The molecule has 6 nitrogen and oxygen atoms in total. The molecule has 0 spiro atoms. The minimum Gasteiger partial charge on any atom is -0.371 e. The third kappa shape index (κ3) is 2.99. The van der Waals surface area contributed by atoms with E-state index in [1.54, 1.807) is 6.20 Å². The van der Waals surface area contributed by atoms with Gasteiger partial charge in [-0.3, -0.25) is 9.48 Å². The first-order chi connectivity index (χ1) is 10.7. The van der Waals surface area contributed by atoms with Crippen molar-refractivity contribution in [1.82, 2.24) is 20.1 Å². The molecule has 3 heterocycles. The molecule has 116 valence electrons. The highest BCUT2D eigenvalue weighted by Crippen LogP contribution is 2.29. The van der Waals surface area contributed by atoms with Crippen molar-refractivity contribution < 1.29 is 13.9 Å². The zero-order chi connectivity index (χ0) is 15.5. The fraction of sp³-hybridized carbons (Fsp3) is 0.400. The Balaban J connectivity index is 1.70. The van der Waals surface area contributed by atoms with E-state index in [2.05, 4.69) is 15.4 Å². The molecule has 1 N–H and O–H groups in total. The Hall–Kier alpha value is -2.28. The van der Waals surface area contributed by atoms with Crippen LogP contribution >= 0.6 is 0 Å². The van der Waals surface area contributed by atoms with Gasteiger partial charge in [0.2, 0.25) is 0 Å². The molecule has 1 fully saturated rings. The molecule has 2 aromatic heterocycles. The number of amides is 1. The van der Waals surface area contributed by atoms with Crippen LogP contribution < -0.4 is 5.32 Å². The molecule has 1 aliphatic rings. The molecular weight excluding hydrogens is 287 g/mol. The van der Waals surface area contributed by atoms with Crippen molar-refractivity contribution >= 4 is 5.91 Å². The zero-order valence-electron chi connectivity index (χ0n) is 12.2. The first-order valence-electron chi connectivity index (χ1n) is 7.23. The van der Waals surface area contributed by atoms with Gasteiger partial charge in [0.05, 0.1) is 18.4 Å². The van der Waals surface area contributed by atoms with Crippen LogP contribution in [0.2, 0.25) is 0 Å². The lowest BCUT2D eigenvalue weighted by molar-refractivity contribution is 0.0817.